The number of phenols is 1. The van der Waals surface area contributed by atoms with Crippen LogP contribution in [0.15, 0.2) is 46.2 Å². The number of carboxylic acid groups (broad SMARTS) is 1. The van der Waals surface area contributed by atoms with Gasteiger partial charge in [0.1, 0.15) is 17.0 Å². The molecule has 0 aliphatic heterocycles. The van der Waals surface area contributed by atoms with Gasteiger partial charge in [0.05, 0.1) is 10.6 Å². The van der Waals surface area contributed by atoms with E-state index in [2.05, 4.69) is 4.74 Å². The monoisotopic (exact) mass is 541 g/mol. The van der Waals surface area contributed by atoms with Crippen molar-refractivity contribution in [1.82, 2.24) is 0 Å². The number of phenolic OH excluding ortho intramolecular Hbond substituents is 1. The van der Waals surface area contributed by atoms with E-state index in [0.29, 0.717) is 5.69 Å². The van der Waals surface area contributed by atoms with E-state index in [1.54, 1.807) is 0 Å². The Labute approximate surface area is 198 Å². The second-order valence-corrected chi connectivity index (χ2v) is 9.67. The number of carbonyl (C=O) groups is 2. The van der Waals surface area contributed by atoms with E-state index < -0.39 is 60.8 Å². The zero-order valence-corrected chi connectivity index (χ0v) is 19.5. The molecule has 0 saturated carbocycles. The molecule has 1 amide bonds. The Bertz CT molecular complexity index is 1280. The van der Waals surface area contributed by atoms with Crippen molar-refractivity contribution in [2.75, 3.05) is 11.1 Å². The maximum Gasteiger partial charge on any atom is 0.412 e. The average Bonchev–Trinajstić information content (AvgIpc) is 2.68. The van der Waals surface area contributed by atoms with Crippen molar-refractivity contribution >= 4 is 55.3 Å². The van der Waals surface area contributed by atoms with Crippen LogP contribution in [0.4, 0.5) is 16.2 Å². The number of hydrogen-bond donors (Lipinski definition) is 7. The molecule has 188 valence electrons. The van der Waals surface area contributed by atoms with Crippen LogP contribution in [-0.2, 0) is 29.8 Å². The van der Waals surface area contributed by atoms with Crippen LogP contribution in [-0.4, -0.2) is 60.4 Å². The summed E-state index contributed by atoms with van der Waals surface area (Å²) in [6, 6.07) is 5.73. The molecule has 0 aromatic heterocycles. The number of halogens is 1. The van der Waals surface area contributed by atoms with E-state index in [1.165, 1.54) is 31.2 Å². The van der Waals surface area contributed by atoms with Gasteiger partial charge in [-0.15, -0.1) is 0 Å². The number of anilines is 2. The second-order valence-electron chi connectivity index (χ2n) is 6.42. The van der Waals surface area contributed by atoms with Crippen LogP contribution in [0.3, 0.4) is 0 Å². The molecular formula is C17H20ClN3O11S2. The summed E-state index contributed by atoms with van der Waals surface area (Å²) in [5.41, 5.74) is 10.4. The smallest absolute Gasteiger partial charge is 0.412 e. The number of nitrogens with one attached hydrogen (secondary N) is 1. The van der Waals surface area contributed by atoms with Crippen molar-refractivity contribution < 1.29 is 50.5 Å². The largest absolute Gasteiger partial charge is 0.504 e. The van der Waals surface area contributed by atoms with Crippen molar-refractivity contribution in [2.45, 2.75) is 28.9 Å². The highest BCUT2D eigenvalue weighted by Crippen LogP contribution is 2.34. The summed E-state index contributed by atoms with van der Waals surface area (Å²) in [6.45, 7) is 1.22. The number of nitrogen functional groups attached to an aromatic ring is 1. The normalized spacial score (nSPS) is 13.1. The maximum atomic E-state index is 11.6. The Kier molecular flexibility index (Phi) is 9.62. The first kappa shape index (κ1) is 28.9. The Morgan fingerprint density at radius 1 is 1.09 bits per heavy atom. The molecule has 2 atom stereocenters. The quantitative estimate of drug-likeness (QED) is 0.154. The Morgan fingerprint density at radius 3 is 2.12 bits per heavy atom. The van der Waals surface area contributed by atoms with Crippen LogP contribution in [0.5, 0.6) is 5.75 Å². The number of benzene rings is 2. The average molecular weight is 542 g/mol. The number of hydrogen-bond acceptors (Lipinski definition) is 10. The molecule has 0 fully saturated rings. The lowest BCUT2D eigenvalue weighted by molar-refractivity contribution is -0.140. The lowest BCUT2D eigenvalue weighted by Crippen LogP contribution is -2.43. The molecule has 17 heteroatoms. The summed E-state index contributed by atoms with van der Waals surface area (Å²) >= 11 is 5.63. The molecule has 0 spiro atoms. The van der Waals surface area contributed by atoms with Crippen LogP contribution >= 0.6 is 11.6 Å². The predicted octanol–water partition coefficient (Wildman–Crippen LogP) is 1.16. The van der Waals surface area contributed by atoms with Crippen LogP contribution in [0, 0.1) is 0 Å². The van der Waals surface area contributed by atoms with Crippen LogP contribution in [0.25, 0.3) is 0 Å². The highest BCUT2D eigenvalue weighted by Gasteiger charge is 2.25. The number of aromatic hydroxyl groups is 1. The van der Waals surface area contributed by atoms with Gasteiger partial charge in [0.15, 0.2) is 5.75 Å². The first-order valence-electron chi connectivity index (χ1n) is 8.72. The van der Waals surface area contributed by atoms with Gasteiger partial charge in [0, 0.05) is 10.7 Å². The molecule has 2 rings (SSSR count). The molecule has 34 heavy (non-hydrogen) atoms. The van der Waals surface area contributed by atoms with Crippen molar-refractivity contribution in [2.24, 2.45) is 5.73 Å². The minimum Gasteiger partial charge on any atom is -0.504 e. The molecule has 14 nitrogen and oxygen atoms in total. The summed E-state index contributed by atoms with van der Waals surface area (Å²) in [5, 5.41) is 20.2. The molecule has 0 heterocycles. The fraction of sp³-hybridized carbons (Fsp3) is 0.176. The third-order valence-electron chi connectivity index (χ3n) is 3.79. The maximum absolute atomic E-state index is 11.6. The molecule has 0 aliphatic carbocycles. The number of carboxylic acids is 1. The van der Waals surface area contributed by atoms with Crippen LogP contribution in [0.1, 0.15) is 6.92 Å². The van der Waals surface area contributed by atoms with E-state index >= 15 is 0 Å². The van der Waals surface area contributed by atoms with Crippen LogP contribution < -0.4 is 16.8 Å². The van der Waals surface area contributed by atoms with Gasteiger partial charge in [-0.2, -0.15) is 16.8 Å². The summed E-state index contributed by atoms with van der Waals surface area (Å²) in [5.74, 6) is -2.37. The minimum absolute atomic E-state index is 0.183. The fourth-order valence-corrected chi connectivity index (χ4v) is 3.57. The second kappa shape index (κ2) is 11.3. The van der Waals surface area contributed by atoms with E-state index in [0.717, 1.165) is 12.1 Å². The molecule has 0 unspecified atom stereocenters. The number of carbonyl (C=O) groups excluding carboxylic acids is 1. The predicted molar refractivity (Wildman–Crippen MR) is 119 cm³/mol. The molecule has 9 N–H and O–H groups in total. The lowest BCUT2D eigenvalue weighted by Gasteiger charge is -2.17. The third kappa shape index (κ3) is 8.65. The van der Waals surface area contributed by atoms with Gasteiger partial charge in [0.2, 0.25) is 0 Å². The first-order chi connectivity index (χ1) is 15.4. The van der Waals surface area contributed by atoms with E-state index in [1.807, 2.05) is 5.32 Å². The number of nitrogens with two attached hydrogens (primary N) is 2. The standard InChI is InChI=1S/C11H13ClN2O8S.C6H7NO3S/c1-4(8(13)10(16)17)22-11(18)14-6-2-5(12)3-7(9(6)15)23(19,20)21;7-5-2-1-3-6(4-5)11(8,9)10/h2-4,8,15H,13H2,1H3,(H,14,18)(H,16,17)(H,19,20,21);1-4H,7H2,(H,8,9,10)/t4-,8-;/m0./s1. The molecule has 0 saturated heterocycles. The van der Waals surface area contributed by atoms with Gasteiger partial charge >= 0.3 is 12.1 Å². The Balaban J connectivity index is 0.000000437. The summed E-state index contributed by atoms with van der Waals surface area (Å²) in [7, 11) is -8.89. The summed E-state index contributed by atoms with van der Waals surface area (Å²) < 4.78 is 65.3. The van der Waals surface area contributed by atoms with Gasteiger partial charge in [-0.1, -0.05) is 17.7 Å². The number of ether oxygens (including phenoxy) is 1. The molecule has 0 aliphatic rings. The van der Waals surface area contributed by atoms with Crippen LogP contribution in [0.2, 0.25) is 5.02 Å². The summed E-state index contributed by atoms with van der Waals surface area (Å²) in [6.07, 6.45) is -2.43. The van der Waals surface area contributed by atoms with Gasteiger partial charge < -0.3 is 26.4 Å². The first-order valence-corrected chi connectivity index (χ1v) is 12.0. The van der Waals surface area contributed by atoms with E-state index in [-0.39, 0.29) is 9.92 Å². The fourth-order valence-electron chi connectivity index (χ4n) is 2.12. The number of aliphatic carboxylic acids is 1. The number of amides is 1. The van der Waals surface area contributed by atoms with Gasteiger partial charge in [0.25, 0.3) is 20.2 Å². The van der Waals surface area contributed by atoms with E-state index in [9.17, 15) is 31.5 Å². The van der Waals surface area contributed by atoms with Gasteiger partial charge in [-0.05, 0) is 37.3 Å². The van der Waals surface area contributed by atoms with Crippen molar-refractivity contribution in [3.8, 4) is 5.75 Å². The topological polar surface area (TPSA) is 257 Å². The van der Waals surface area contributed by atoms with E-state index in [4.69, 9.17) is 37.3 Å². The summed E-state index contributed by atoms with van der Waals surface area (Å²) in [4.78, 5) is 21.2. The van der Waals surface area contributed by atoms with Gasteiger partial charge in [-0.3, -0.25) is 19.2 Å². The Morgan fingerprint density at radius 2 is 1.68 bits per heavy atom. The highest BCUT2D eigenvalue weighted by atomic mass is 35.5. The highest BCUT2D eigenvalue weighted by molar-refractivity contribution is 7.86. The molecule has 2 aromatic rings. The number of rotatable bonds is 6. The minimum atomic E-state index is -4.79. The van der Waals surface area contributed by atoms with Crippen molar-refractivity contribution in [1.29, 1.82) is 0 Å². The molecule has 0 radical (unpaired) electrons. The van der Waals surface area contributed by atoms with Crippen molar-refractivity contribution in [3.05, 3.63) is 41.4 Å². The van der Waals surface area contributed by atoms with Gasteiger partial charge in [-0.25, -0.2) is 4.79 Å². The molecule has 2 aromatic carbocycles. The lowest BCUT2D eigenvalue weighted by atomic mass is 10.2. The zero-order valence-electron chi connectivity index (χ0n) is 17.1. The third-order valence-corrected chi connectivity index (χ3v) is 5.73. The molecule has 0 bridgehead atoms. The zero-order chi connectivity index (χ0) is 26.4. The SMILES string of the molecule is C[C@H](OC(=O)Nc1cc(Cl)cc(S(=O)(=O)O)c1O)[C@H](N)C(=O)O.Nc1cccc(S(=O)(=O)O)c1. The van der Waals surface area contributed by atoms with Crippen molar-refractivity contribution in [3.63, 3.8) is 0 Å². The Hall–Kier alpha value is -3.15. The molecular weight excluding hydrogens is 522 g/mol.